The summed E-state index contributed by atoms with van der Waals surface area (Å²) < 4.78 is 5.25. The Bertz CT molecular complexity index is 405. The summed E-state index contributed by atoms with van der Waals surface area (Å²) in [5.41, 5.74) is 0.296. The minimum Gasteiger partial charge on any atom is -0.497 e. The number of hydrogen-bond donors (Lipinski definition) is 1. The van der Waals surface area contributed by atoms with Crippen molar-refractivity contribution in [3.63, 3.8) is 0 Å². The van der Waals surface area contributed by atoms with E-state index >= 15 is 0 Å². The van der Waals surface area contributed by atoms with Crippen molar-refractivity contribution in [2.75, 3.05) is 27.7 Å². The zero-order valence-electron chi connectivity index (χ0n) is 11.5. The predicted octanol–water partition coefficient (Wildman–Crippen LogP) is 2.24. The van der Waals surface area contributed by atoms with E-state index in [-0.39, 0.29) is 0 Å². The zero-order valence-corrected chi connectivity index (χ0v) is 11.5. The molecule has 0 saturated heterocycles. The Morgan fingerprint density at radius 2 is 2.22 bits per heavy atom. The molecule has 0 spiro atoms. The molecule has 0 bridgehead atoms. The molecule has 3 nitrogen and oxygen atoms in total. The second-order valence-electron chi connectivity index (χ2n) is 5.51. The molecule has 100 valence electrons. The first kappa shape index (κ1) is 13.4. The highest BCUT2D eigenvalue weighted by Gasteiger charge is 2.42. The lowest BCUT2D eigenvalue weighted by Gasteiger charge is -2.32. The fourth-order valence-corrected chi connectivity index (χ4v) is 3.02. The normalized spacial score (nSPS) is 27.7. The van der Waals surface area contributed by atoms with Crippen LogP contribution in [0.5, 0.6) is 5.75 Å². The number of benzene rings is 1. The Kier molecular flexibility index (Phi) is 3.93. The molecule has 0 radical (unpaired) electrons. The van der Waals surface area contributed by atoms with E-state index < -0.39 is 5.60 Å². The molecule has 18 heavy (non-hydrogen) atoms. The van der Waals surface area contributed by atoms with Gasteiger partial charge in [0.15, 0.2) is 0 Å². The van der Waals surface area contributed by atoms with Gasteiger partial charge >= 0.3 is 0 Å². The van der Waals surface area contributed by atoms with E-state index in [1.807, 2.05) is 24.3 Å². The second kappa shape index (κ2) is 5.29. The molecular weight excluding hydrogens is 226 g/mol. The Morgan fingerprint density at radius 3 is 2.89 bits per heavy atom. The molecule has 0 amide bonds. The van der Waals surface area contributed by atoms with E-state index in [9.17, 15) is 5.11 Å². The van der Waals surface area contributed by atoms with Gasteiger partial charge in [-0.15, -0.1) is 0 Å². The summed E-state index contributed by atoms with van der Waals surface area (Å²) in [7, 11) is 5.78. The highest BCUT2D eigenvalue weighted by Crippen LogP contribution is 2.44. The van der Waals surface area contributed by atoms with E-state index in [1.54, 1.807) is 7.11 Å². The van der Waals surface area contributed by atoms with Gasteiger partial charge in [-0.05, 0) is 51.1 Å². The maximum Gasteiger partial charge on any atom is 0.119 e. The van der Waals surface area contributed by atoms with Crippen LogP contribution >= 0.6 is 0 Å². The van der Waals surface area contributed by atoms with Gasteiger partial charge in [-0.1, -0.05) is 12.1 Å². The minimum atomic E-state index is -0.696. The minimum absolute atomic E-state index is 0.305. The Morgan fingerprint density at radius 1 is 1.44 bits per heavy atom. The SMILES string of the molecule is COc1cccc(C2(O)CCCC2CN(C)C)c1. The summed E-state index contributed by atoms with van der Waals surface area (Å²) in [6.45, 7) is 0.924. The molecule has 1 aromatic carbocycles. The lowest BCUT2D eigenvalue weighted by Crippen LogP contribution is -2.36. The highest BCUT2D eigenvalue weighted by atomic mass is 16.5. The van der Waals surface area contributed by atoms with Gasteiger partial charge in [0, 0.05) is 12.5 Å². The van der Waals surface area contributed by atoms with E-state index in [1.165, 1.54) is 0 Å². The highest BCUT2D eigenvalue weighted by molar-refractivity contribution is 5.33. The number of nitrogens with zero attached hydrogens (tertiary/aromatic N) is 1. The van der Waals surface area contributed by atoms with Gasteiger partial charge in [0.25, 0.3) is 0 Å². The number of methoxy groups -OCH3 is 1. The lowest BCUT2D eigenvalue weighted by molar-refractivity contribution is -0.0112. The van der Waals surface area contributed by atoms with Crippen LogP contribution in [0.15, 0.2) is 24.3 Å². The van der Waals surface area contributed by atoms with Crippen LogP contribution in [-0.2, 0) is 5.60 Å². The summed E-state index contributed by atoms with van der Waals surface area (Å²) >= 11 is 0. The van der Waals surface area contributed by atoms with Crippen molar-refractivity contribution >= 4 is 0 Å². The molecule has 0 aliphatic heterocycles. The first-order valence-electron chi connectivity index (χ1n) is 6.58. The van der Waals surface area contributed by atoms with Crippen molar-refractivity contribution in [1.82, 2.24) is 4.90 Å². The van der Waals surface area contributed by atoms with Crippen molar-refractivity contribution in [1.29, 1.82) is 0 Å². The van der Waals surface area contributed by atoms with Crippen molar-refractivity contribution in [2.24, 2.45) is 5.92 Å². The predicted molar refractivity (Wildman–Crippen MR) is 72.8 cm³/mol. The molecule has 3 heteroatoms. The Labute approximate surface area is 109 Å². The van der Waals surface area contributed by atoms with Crippen molar-refractivity contribution in [2.45, 2.75) is 24.9 Å². The summed E-state index contributed by atoms with van der Waals surface area (Å²) in [6.07, 6.45) is 3.02. The largest absolute Gasteiger partial charge is 0.497 e. The van der Waals surface area contributed by atoms with Gasteiger partial charge in [0.2, 0.25) is 0 Å². The van der Waals surface area contributed by atoms with E-state index in [0.29, 0.717) is 5.92 Å². The van der Waals surface area contributed by atoms with Gasteiger partial charge in [-0.3, -0.25) is 0 Å². The quantitative estimate of drug-likeness (QED) is 0.888. The zero-order chi connectivity index (χ0) is 13.2. The van der Waals surface area contributed by atoms with Crippen molar-refractivity contribution in [3.05, 3.63) is 29.8 Å². The Hall–Kier alpha value is -1.06. The third-order valence-corrected chi connectivity index (χ3v) is 3.94. The number of hydrogen-bond acceptors (Lipinski definition) is 3. The van der Waals surface area contributed by atoms with Gasteiger partial charge in [-0.25, -0.2) is 0 Å². The van der Waals surface area contributed by atoms with Crippen molar-refractivity contribution < 1.29 is 9.84 Å². The molecule has 2 atom stereocenters. The van der Waals surface area contributed by atoms with Crippen LogP contribution in [0.25, 0.3) is 0 Å². The van der Waals surface area contributed by atoms with Crippen LogP contribution in [0.2, 0.25) is 0 Å². The van der Waals surface area contributed by atoms with Crippen LogP contribution in [0.3, 0.4) is 0 Å². The smallest absolute Gasteiger partial charge is 0.119 e. The molecule has 1 fully saturated rings. The monoisotopic (exact) mass is 249 g/mol. The van der Waals surface area contributed by atoms with Crippen LogP contribution in [0, 0.1) is 5.92 Å². The van der Waals surface area contributed by atoms with Crippen molar-refractivity contribution in [3.8, 4) is 5.75 Å². The van der Waals surface area contributed by atoms with Gasteiger partial charge in [0.05, 0.1) is 12.7 Å². The third kappa shape index (κ3) is 2.52. The molecule has 1 N–H and O–H groups in total. The molecule has 1 aromatic rings. The standard InChI is InChI=1S/C15H23NO2/c1-16(2)11-13-7-5-9-15(13,17)12-6-4-8-14(10-12)18-3/h4,6,8,10,13,17H,5,7,9,11H2,1-3H3. The van der Waals surface area contributed by atoms with Crippen LogP contribution in [-0.4, -0.2) is 37.8 Å². The topological polar surface area (TPSA) is 32.7 Å². The number of ether oxygens (including phenoxy) is 1. The summed E-state index contributed by atoms with van der Waals surface area (Å²) in [4.78, 5) is 2.15. The Balaban J connectivity index is 2.27. The van der Waals surface area contributed by atoms with E-state index in [2.05, 4.69) is 19.0 Å². The summed E-state index contributed by atoms with van der Waals surface area (Å²) in [5, 5.41) is 11.0. The second-order valence-corrected chi connectivity index (χ2v) is 5.51. The lowest BCUT2D eigenvalue weighted by atomic mass is 9.83. The molecular formula is C15H23NO2. The van der Waals surface area contributed by atoms with Crippen LogP contribution in [0.4, 0.5) is 0 Å². The van der Waals surface area contributed by atoms with Crippen LogP contribution in [0.1, 0.15) is 24.8 Å². The van der Waals surface area contributed by atoms with E-state index in [4.69, 9.17) is 4.74 Å². The van der Waals surface area contributed by atoms with Gasteiger partial charge in [0.1, 0.15) is 5.75 Å². The van der Waals surface area contributed by atoms with Crippen LogP contribution < -0.4 is 4.74 Å². The third-order valence-electron chi connectivity index (χ3n) is 3.94. The summed E-state index contributed by atoms with van der Waals surface area (Å²) in [6, 6.07) is 7.85. The van der Waals surface area contributed by atoms with Gasteiger partial charge in [-0.2, -0.15) is 0 Å². The molecule has 0 aromatic heterocycles. The molecule has 1 aliphatic rings. The fraction of sp³-hybridized carbons (Fsp3) is 0.600. The first-order chi connectivity index (χ1) is 8.56. The summed E-state index contributed by atoms with van der Waals surface area (Å²) in [5.74, 6) is 1.12. The average Bonchev–Trinajstić information content (AvgIpc) is 2.72. The molecule has 1 saturated carbocycles. The molecule has 0 heterocycles. The molecule has 2 unspecified atom stereocenters. The van der Waals surface area contributed by atoms with E-state index in [0.717, 1.165) is 37.1 Å². The molecule has 2 rings (SSSR count). The fourth-order valence-electron chi connectivity index (χ4n) is 3.02. The maximum atomic E-state index is 11.0. The number of rotatable bonds is 4. The number of aliphatic hydroxyl groups is 1. The maximum absolute atomic E-state index is 11.0. The molecule has 1 aliphatic carbocycles. The average molecular weight is 249 g/mol. The van der Waals surface area contributed by atoms with Gasteiger partial charge < -0.3 is 14.7 Å². The first-order valence-corrected chi connectivity index (χ1v) is 6.58.